The first-order valence-electron chi connectivity index (χ1n) is 14.1. The summed E-state index contributed by atoms with van der Waals surface area (Å²) in [7, 11) is -4.48. The summed E-state index contributed by atoms with van der Waals surface area (Å²) in [5, 5.41) is 24.7. The van der Waals surface area contributed by atoms with Crippen LogP contribution in [-0.4, -0.2) is 62.3 Å². The molecule has 1 aliphatic rings. The van der Waals surface area contributed by atoms with Gasteiger partial charge < -0.3 is 24.2 Å². The third-order valence-corrected chi connectivity index (χ3v) is 7.90. The number of aliphatic hydroxyl groups excluding tert-OH is 1. The van der Waals surface area contributed by atoms with Gasteiger partial charge in [0.25, 0.3) is 5.56 Å². The zero-order chi connectivity index (χ0) is 32.2. The average Bonchev–Trinajstić information content (AvgIpc) is 3.19. The summed E-state index contributed by atoms with van der Waals surface area (Å²) in [4.78, 5) is 39.2. The van der Waals surface area contributed by atoms with E-state index in [0.29, 0.717) is 4.57 Å². The van der Waals surface area contributed by atoms with E-state index in [1.807, 2.05) is 4.98 Å². The molecule has 6 atom stereocenters. The zero-order valence-electron chi connectivity index (χ0n) is 25.1. The largest absolute Gasteiger partial charge is 0.462 e. The van der Waals surface area contributed by atoms with Gasteiger partial charge in [-0.3, -0.25) is 23.7 Å². The van der Waals surface area contributed by atoms with Crippen molar-refractivity contribution in [1.29, 1.82) is 0 Å². The Labute approximate surface area is 244 Å². The van der Waals surface area contributed by atoms with E-state index in [-0.39, 0.29) is 12.2 Å². The second kappa shape index (κ2) is 13.2. The van der Waals surface area contributed by atoms with Crippen molar-refractivity contribution in [3.63, 3.8) is 0 Å². The number of carbonyl (C=O) groups excluding carboxylic acids is 1. The maximum absolute atomic E-state index is 14.2. The number of esters is 1. The second-order valence-electron chi connectivity index (χ2n) is 10.1. The van der Waals surface area contributed by atoms with Crippen molar-refractivity contribution in [1.82, 2.24) is 14.6 Å². The molecule has 1 aromatic heterocycles. The topological polar surface area (TPSA) is 178 Å². The number of H-pyrrole nitrogens is 1. The molecular formula is C28H34N3O10P. The Balaban J connectivity index is 1.62. The highest BCUT2D eigenvalue weighted by Gasteiger charge is 2.54. The fraction of sp³-hybridized carbons (Fsp3) is 0.393. The summed E-state index contributed by atoms with van der Waals surface area (Å²) in [5.74, 6) is -0.602. The molecule has 0 aliphatic carbocycles. The van der Waals surface area contributed by atoms with Gasteiger partial charge in [0.2, 0.25) is 0 Å². The summed E-state index contributed by atoms with van der Waals surface area (Å²) in [6, 6.07) is 14.8. The van der Waals surface area contributed by atoms with Crippen molar-refractivity contribution in [2.75, 3.05) is 6.61 Å². The molecule has 1 aliphatic heterocycles. The van der Waals surface area contributed by atoms with Crippen LogP contribution in [0.4, 0.5) is 0 Å². The van der Waals surface area contributed by atoms with Crippen molar-refractivity contribution < 1.29 is 40.8 Å². The van der Waals surface area contributed by atoms with Crippen LogP contribution in [0.1, 0.15) is 35.3 Å². The Morgan fingerprint density at radius 2 is 1.83 bits per heavy atom. The number of rotatable bonds is 12. The number of aliphatic hydroxyl groups is 2. The molecule has 0 spiro atoms. The van der Waals surface area contributed by atoms with E-state index in [1.165, 1.54) is 12.1 Å². The van der Waals surface area contributed by atoms with Crippen LogP contribution in [0.25, 0.3) is 0 Å². The molecule has 0 radical (unpaired) electrons. The van der Waals surface area contributed by atoms with Crippen LogP contribution in [0.3, 0.4) is 0 Å². The Hall–Kier alpha value is -3.58. The monoisotopic (exact) mass is 605 g/mol. The first-order valence-corrected chi connectivity index (χ1v) is 14.7. The lowest BCUT2D eigenvalue weighted by atomic mass is 9.96. The van der Waals surface area contributed by atoms with E-state index in [2.05, 4.69) is 5.09 Å². The highest BCUT2D eigenvalue weighted by molar-refractivity contribution is 7.52. The van der Waals surface area contributed by atoms with Crippen LogP contribution >= 0.6 is 7.75 Å². The van der Waals surface area contributed by atoms with Crippen molar-refractivity contribution in [3.8, 4) is 5.75 Å². The van der Waals surface area contributed by atoms with Crippen LogP contribution in [0, 0.1) is 0 Å². The van der Waals surface area contributed by atoms with E-state index in [9.17, 15) is 29.2 Å². The van der Waals surface area contributed by atoms with Gasteiger partial charge in [-0.05, 0) is 44.9 Å². The van der Waals surface area contributed by atoms with Gasteiger partial charge >= 0.3 is 19.4 Å². The lowest BCUT2D eigenvalue weighted by Crippen LogP contribution is -2.47. The van der Waals surface area contributed by atoms with Gasteiger partial charge in [0, 0.05) is 12.2 Å². The maximum atomic E-state index is 14.2. The second-order valence-corrected chi connectivity index (χ2v) is 11.8. The molecule has 42 heavy (non-hydrogen) atoms. The number of ether oxygens (including phenoxy) is 2. The normalized spacial score (nSPS) is 24.9. The fourth-order valence-electron chi connectivity index (χ4n) is 4.29. The molecule has 4 rings (SSSR count). The molecule has 2 unspecified atom stereocenters. The molecule has 4 N–H and O–H groups in total. The minimum atomic E-state index is -4.48. The maximum Gasteiger partial charge on any atom is 0.459 e. The minimum Gasteiger partial charge on any atom is -0.462 e. The molecule has 14 heteroatoms. The van der Waals surface area contributed by atoms with Gasteiger partial charge in [0.05, 0.1) is 15.5 Å². The molecule has 13 nitrogen and oxygen atoms in total. The molecule has 0 amide bonds. The Kier molecular flexibility index (Phi) is 8.94. The van der Waals surface area contributed by atoms with Crippen LogP contribution in [0.15, 0.2) is 82.5 Å². The first-order chi connectivity index (χ1) is 20.7. The summed E-state index contributed by atoms with van der Waals surface area (Å²) in [5.41, 5.74) is -3.77. The number of carbonyl (C=O) groups is 1. The third-order valence-electron chi connectivity index (χ3n) is 6.33. The molecular weight excluding hydrogens is 569 g/mol. The highest BCUT2D eigenvalue weighted by Crippen LogP contribution is 2.47. The lowest BCUT2D eigenvalue weighted by molar-refractivity contribution is -0.149. The van der Waals surface area contributed by atoms with Crippen LogP contribution in [0.2, 0.25) is 0 Å². The molecule has 3 aromatic rings. The minimum absolute atomic E-state index is 0.0497. The molecule has 2 aromatic carbocycles. The van der Waals surface area contributed by atoms with Crippen molar-refractivity contribution in [2.24, 2.45) is 0 Å². The Bertz CT molecular complexity index is 1620. The predicted molar refractivity (Wildman–Crippen MR) is 151 cm³/mol. The number of aromatic amines is 1. The van der Waals surface area contributed by atoms with Crippen molar-refractivity contribution in [3.05, 3.63) is 99.3 Å². The molecule has 1 saturated heterocycles. The average molecular weight is 606 g/mol. The quantitative estimate of drug-likeness (QED) is 0.175. The Morgan fingerprint density at radius 3 is 2.48 bits per heavy atom. The number of nitrogens with one attached hydrogen (secondary N) is 2. The fourth-order valence-corrected chi connectivity index (χ4v) is 5.79. The van der Waals surface area contributed by atoms with Crippen LogP contribution < -0.4 is 20.9 Å². The number of nitrogens with zero attached hydrogens (tertiary/aromatic N) is 1. The summed E-state index contributed by atoms with van der Waals surface area (Å²) < 4.78 is 53.0. The molecule has 1 fully saturated rings. The molecule has 226 valence electrons. The summed E-state index contributed by atoms with van der Waals surface area (Å²) in [6.07, 6.45) is -6.25. The number of hydrogen-bond donors (Lipinski definition) is 4. The smallest absolute Gasteiger partial charge is 0.459 e. The van der Waals surface area contributed by atoms with Gasteiger partial charge in [-0.15, -0.1) is 0 Å². The van der Waals surface area contributed by atoms with Gasteiger partial charge in [-0.25, -0.2) is 9.36 Å². The number of para-hydroxylation sites is 1. The summed E-state index contributed by atoms with van der Waals surface area (Å²) >= 11 is 0. The van der Waals surface area contributed by atoms with Crippen LogP contribution in [0.5, 0.6) is 5.75 Å². The molecule has 2 heterocycles. The lowest BCUT2D eigenvalue weighted by Gasteiger charge is -2.27. The van der Waals surface area contributed by atoms with E-state index in [4.69, 9.17) is 21.3 Å². The van der Waals surface area contributed by atoms with Crippen molar-refractivity contribution in [2.45, 2.75) is 63.4 Å². The van der Waals surface area contributed by atoms with Gasteiger partial charge in [0.15, 0.2) is 6.23 Å². The van der Waals surface area contributed by atoms with Crippen molar-refractivity contribution >= 4 is 13.7 Å². The van der Waals surface area contributed by atoms with E-state index in [0.717, 1.165) is 12.5 Å². The standard InChI is InChI=1S/C28H34N3O10P/c1-18(2)39-25(34)21(16-19-10-6-4-7-11-19)30-42(37,41-20-12-8-5-9-13-20)38-17-22-24(33)28(3,36)26(40-22)31-15-14-23(32)29-27(31)35/h4-15,18,21-22,24,26,33,36H,16-17H2,1-3H3,(H,30,37)(H,29,32,35)/t21?,22-,24-,26-,28-,42?/m1/s1/i14D,15D. The Morgan fingerprint density at radius 1 is 1.19 bits per heavy atom. The third kappa shape index (κ3) is 7.62. The number of benzene rings is 2. The number of hydrogen-bond acceptors (Lipinski definition) is 10. The predicted octanol–water partition coefficient (Wildman–Crippen LogP) is 1.90. The molecule has 0 bridgehead atoms. The van der Waals surface area contributed by atoms with E-state index in [1.54, 1.807) is 62.4 Å². The van der Waals surface area contributed by atoms with E-state index >= 15 is 0 Å². The summed E-state index contributed by atoms with van der Waals surface area (Å²) in [6.45, 7) is 3.75. The zero-order valence-corrected chi connectivity index (χ0v) is 24.0. The van der Waals surface area contributed by atoms with Crippen LogP contribution in [-0.2, 0) is 29.8 Å². The van der Waals surface area contributed by atoms with E-state index < -0.39 is 80.0 Å². The molecule has 0 saturated carbocycles. The highest BCUT2D eigenvalue weighted by atomic mass is 31.2. The van der Waals surface area contributed by atoms with Gasteiger partial charge in [0.1, 0.15) is 29.6 Å². The number of aromatic nitrogens is 2. The first kappa shape index (κ1) is 28.5. The SMILES string of the molecule is [2H]c1c([2H])n([C@@H]2O[C@H](COP(=O)(NC(Cc3ccccc3)C(=O)OC(C)C)Oc3ccccc3)[C@@H](O)[C@@]2(C)O)c(=O)[nH]c1=O. The van der Waals surface area contributed by atoms with Gasteiger partial charge in [-0.2, -0.15) is 5.09 Å². The van der Waals surface area contributed by atoms with Gasteiger partial charge in [-0.1, -0.05) is 48.5 Å².